The summed E-state index contributed by atoms with van der Waals surface area (Å²) in [6, 6.07) is 0. The molecule has 1 atom stereocenters. The summed E-state index contributed by atoms with van der Waals surface area (Å²) in [6.45, 7) is 1.96. The van der Waals surface area contributed by atoms with E-state index in [9.17, 15) is 13.2 Å². The Morgan fingerprint density at radius 1 is 1.38 bits per heavy atom. The minimum atomic E-state index is -4.02. The zero-order chi connectivity index (χ0) is 9.90. The van der Waals surface area contributed by atoms with Crippen LogP contribution in [0.2, 0.25) is 0 Å². The number of nitrogens with zero attached hydrogens (tertiary/aromatic N) is 1. The molecular formula is C8H15F3N2. The van der Waals surface area contributed by atoms with Crippen molar-refractivity contribution >= 4 is 0 Å². The summed E-state index contributed by atoms with van der Waals surface area (Å²) in [5.74, 6) is -1.12. The van der Waals surface area contributed by atoms with Crippen LogP contribution in [-0.4, -0.2) is 37.3 Å². The lowest BCUT2D eigenvalue weighted by Crippen LogP contribution is -2.28. The van der Waals surface area contributed by atoms with E-state index in [1.165, 1.54) is 0 Å². The van der Waals surface area contributed by atoms with Crippen molar-refractivity contribution in [3.8, 4) is 0 Å². The number of hydrogen-bond acceptors (Lipinski definition) is 2. The smallest absolute Gasteiger partial charge is 0.330 e. The third kappa shape index (κ3) is 3.15. The van der Waals surface area contributed by atoms with Gasteiger partial charge in [0.15, 0.2) is 0 Å². The summed E-state index contributed by atoms with van der Waals surface area (Å²) in [4.78, 5) is 1.84. The highest BCUT2D eigenvalue weighted by molar-refractivity contribution is 4.80. The molecule has 2 N–H and O–H groups in total. The standard InChI is InChI=1S/C8H15F3N2/c9-8(10,11)7-2-5-13(6-7)4-1-3-12/h7H,1-6,12H2/t7-/m1/s1. The number of alkyl halides is 3. The summed E-state index contributed by atoms with van der Waals surface area (Å²) in [7, 11) is 0. The molecule has 1 heterocycles. The van der Waals surface area contributed by atoms with Crippen molar-refractivity contribution in [1.82, 2.24) is 4.90 Å². The van der Waals surface area contributed by atoms with Gasteiger partial charge in [-0.1, -0.05) is 0 Å². The van der Waals surface area contributed by atoms with E-state index in [0.717, 1.165) is 6.42 Å². The summed E-state index contributed by atoms with van der Waals surface area (Å²) in [5.41, 5.74) is 5.28. The van der Waals surface area contributed by atoms with Gasteiger partial charge in [0, 0.05) is 6.54 Å². The number of halogens is 3. The largest absolute Gasteiger partial charge is 0.393 e. The highest BCUT2D eigenvalue weighted by Gasteiger charge is 2.43. The SMILES string of the molecule is NCCCN1CC[C@@H](C(F)(F)F)C1. The van der Waals surface area contributed by atoms with Gasteiger partial charge in [0.1, 0.15) is 0 Å². The van der Waals surface area contributed by atoms with Crippen molar-refractivity contribution in [3.05, 3.63) is 0 Å². The summed E-state index contributed by atoms with van der Waals surface area (Å²) < 4.78 is 36.6. The molecule has 1 rings (SSSR count). The molecular weight excluding hydrogens is 181 g/mol. The Morgan fingerprint density at radius 3 is 2.54 bits per heavy atom. The Labute approximate surface area is 75.9 Å². The van der Waals surface area contributed by atoms with Gasteiger partial charge in [-0.15, -0.1) is 0 Å². The Balaban J connectivity index is 2.28. The van der Waals surface area contributed by atoms with E-state index in [0.29, 0.717) is 19.6 Å². The fourth-order valence-electron chi connectivity index (χ4n) is 1.62. The van der Waals surface area contributed by atoms with Crippen molar-refractivity contribution in [2.45, 2.75) is 19.0 Å². The third-order valence-electron chi connectivity index (χ3n) is 2.41. The van der Waals surface area contributed by atoms with Gasteiger partial charge in [-0.2, -0.15) is 13.2 Å². The highest BCUT2D eigenvalue weighted by atomic mass is 19.4. The van der Waals surface area contributed by atoms with Crippen LogP contribution in [0, 0.1) is 5.92 Å². The minimum Gasteiger partial charge on any atom is -0.330 e. The van der Waals surface area contributed by atoms with Crippen molar-refractivity contribution < 1.29 is 13.2 Å². The Bertz CT molecular complexity index is 158. The van der Waals surface area contributed by atoms with Crippen molar-refractivity contribution in [3.63, 3.8) is 0 Å². The molecule has 0 amide bonds. The molecule has 0 unspecified atom stereocenters. The van der Waals surface area contributed by atoms with E-state index < -0.39 is 12.1 Å². The number of nitrogens with two attached hydrogens (primary N) is 1. The van der Waals surface area contributed by atoms with Gasteiger partial charge in [-0.3, -0.25) is 0 Å². The summed E-state index contributed by atoms with van der Waals surface area (Å²) in [5, 5.41) is 0. The maximum Gasteiger partial charge on any atom is 0.393 e. The third-order valence-corrected chi connectivity index (χ3v) is 2.41. The molecule has 1 aliphatic heterocycles. The van der Waals surface area contributed by atoms with Gasteiger partial charge in [-0.25, -0.2) is 0 Å². The lowest BCUT2D eigenvalue weighted by Gasteiger charge is -2.16. The summed E-state index contributed by atoms with van der Waals surface area (Å²) >= 11 is 0. The van der Waals surface area contributed by atoms with E-state index in [4.69, 9.17) is 5.73 Å². The van der Waals surface area contributed by atoms with Gasteiger partial charge in [0.05, 0.1) is 5.92 Å². The molecule has 1 saturated heterocycles. The minimum absolute atomic E-state index is 0.156. The second-order valence-electron chi connectivity index (χ2n) is 3.47. The monoisotopic (exact) mass is 196 g/mol. The predicted molar refractivity (Wildman–Crippen MR) is 44.3 cm³/mol. The van der Waals surface area contributed by atoms with E-state index in [1.807, 2.05) is 4.90 Å². The van der Waals surface area contributed by atoms with Crippen LogP contribution in [0.25, 0.3) is 0 Å². The van der Waals surface area contributed by atoms with Gasteiger partial charge in [-0.05, 0) is 32.5 Å². The second kappa shape index (κ2) is 4.28. The quantitative estimate of drug-likeness (QED) is 0.735. The molecule has 1 fully saturated rings. The molecule has 0 spiro atoms. The Hall–Kier alpha value is -0.290. The average Bonchev–Trinajstić information content (AvgIpc) is 2.47. The van der Waals surface area contributed by atoms with Crippen LogP contribution >= 0.6 is 0 Å². The molecule has 2 nitrogen and oxygen atoms in total. The predicted octanol–water partition coefficient (Wildman–Crippen LogP) is 1.22. The van der Waals surface area contributed by atoms with E-state index in [-0.39, 0.29) is 13.0 Å². The van der Waals surface area contributed by atoms with Gasteiger partial charge in [0.2, 0.25) is 0 Å². The van der Waals surface area contributed by atoms with Crippen LogP contribution in [0.15, 0.2) is 0 Å². The van der Waals surface area contributed by atoms with Crippen LogP contribution < -0.4 is 5.73 Å². The van der Waals surface area contributed by atoms with Crippen LogP contribution in [-0.2, 0) is 0 Å². The van der Waals surface area contributed by atoms with Crippen molar-refractivity contribution in [2.24, 2.45) is 11.7 Å². The highest BCUT2D eigenvalue weighted by Crippen LogP contribution is 2.33. The molecule has 0 aromatic heterocycles. The molecule has 5 heteroatoms. The first-order valence-corrected chi connectivity index (χ1v) is 4.53. The molecule has 0 bridgehead atoms. The van der Waals surface area contributed by atoms with Gasteiger partial charge in [0.25, 0.3) is 0 Å². The summed E-state index contributed by atoms with van der Waals surface area (Å²) in [6.07, 6.45) is -2.99. The van der Waals surface area contributed by atoms with Crippen molar-refractivity contribution in [1.29, 1.82) is 0 Å². The van der Waals surface area contributed by atoms with Crippen LogP contribution in [0.3, 0.4) is 0 Å². The maximum atomic E-state index is 12.2. The van der Waals surface area contributed by atoms with E-state index >= 15 is 0 Å². The van der Waals surface area contributed by atoms with E-state index in [2.05, 4.69) is 0 Å². The zero-order valence-electron chi connectivity index (χ0n) is 7.48. The first kappa shape index (κ1) is 10.8. The molecule has 78 valence electrons. The van der Waals surface area contributed by atoms with Crippen LogP contribution in [0.5, 0.6) is 0 Å². The van der Waals surface area contributed by atoms with Crippen LogP contribution in [0.4, 0.5) is 13.2 Å². The molecule has 13 heavy (non-hydrogen) atoms. The first-order valence-electron chi connectivity index (χ1n) is 4.53. The first-order chi connectivity index (χ1) is 6.04. The second-order valence-corrected chi connectivity index (χ2v) is 3.47. The topological polar surface area (TPSA) is 29.3 Å². The Kier molecular flexibility index (Phi) is 3.55. The van der Waals surface area contributed by atoms with E-state index in [1.54, 1.807) is 0 Å². The van der Waals surface area contributed by atoms with Crippen molar-refractivity contribution in [2.75, 3.05) is 26.2 Å². The molecule has 0 aliphatic carbocycles. The van der Waals surface area contributed by atoms with Gasteiger partial charge < -0.3 is 10.6 Å². The maximum absolute atomic E-state index is 12.2. The van der Waals surface area contributed by atoms with Gasteiger partial charge >= 0.3 is 6.18 Å². The fraction of sp³-hybridized carbons (Fsp3) is 1.00. The lowest BCUT2D eigenvalue weighted by atomic mass is 10.1. The number of hydrogen-bond donors (Lipinski definition) is 1. The zero-order valence-corrected chi connectivity index (χ0v) is 7.48. The number of rotatable bonds is 3. The molecule has 1 aliphatic rings. The lowest BCUT2D eigenvalue weighted by molar-refractivity contribution is -0.170. The molecule has 0 radical (unpaired) electrons. The molecule has 0 aromatic carbocycles. The molecule has 0 aromatic rings. The normalized spacial score (nSPS) is 25.4. The fourth-order valence-corrected chi connectivity index (χ4v) is 1.62. The Morgan fingerprint density at radius 2 is 2.08 bits per heavy atom. The van der Waals surface area contributed by atoms with Crippen LogP contribution in [0.1, 0.15) is 12.8 Å². The average molecular weight is 196 g/mol. The molecule has 0 saturated carbocycles. The number of likely N-dealkylation sites (tertiary alicyclic amines) is 1.